The van der Waals surface area contributed by atoms with Gasteiger partial charge in [-0.2, -0.15) is 0 Å². The van der Waals surface area contributed by atoms with Gasteiger partial charge in [0.05, 0.1) is 22.1 Å². The van der Waals surface area contributed by atoms with Crippen molar-refractivity contribution in [2.45, 2.75) is 52.4 Å². The number of rotatable bonds is 3. The number of nitrogens with zero attached hydrogens (tertiary/aromatic N) is 2. The van der Waals surface area contributed by atoms with Gasteiger partial charge in [-0.1, -0.05) is 145 Å². The highest BCUT2D eigenvalue weighted by atomic mass is 15.0. The van der Waals surface area contributed by atoms with Crippen molar-refractivity contribution >= 4 is 54.4 Å². The zero-order chi connectivity index (χ0) is 34.4. The molecule has 0 aliphatic rings. The SMILES string of the molecule is CC(C)(C)c1ccc(-n2c3ccccc3c3ccc(-c4cccc5c4ccc4c6ccccc6n(-c6ccc(C(C)(C)C)cc6)c54)cc32)cc1. The molecule has 2 nitrogen and oxygen atoms in total. The van der Waals surface area contributed by atoms with Gasteiger partial charge >= 0.3 is 0 Å². The number of hydrogen-bond donors (Lipinski definition) is 0. The molecule has 0 saturated carbocycles. The van der Waals surface area contributed by atoms with Gasteiger partial charge in [-0.3, -0.25) is 0 Å². The number of benzene rings is 7. The van der Waals surface area contributed by atoms with Crippen molar-refractivity contribution < 1.29 is 0 Å². The molecule has 244 valence electrons. The zero-order valence-corrected chi connectivity index (χ0v) is 29.8. The van der Waals surface area contributed by atoms with Crippen LogP contribution in [0.1, 0.15) is 52.7 Å². The average molecular weight is 647 g/mol. The molecule has 0 spiro atoms. The van der Waals surface area contributed by atoms with Crippen LogP contribution in [0.5, 0.6) is 0 Å². The van der Waals surface area contributed by atoms with Crippen LogP contribution < -0.4 is 0 Å². The molecule has 2 heterocycles. The fourth-order valence-electron chi connectivity index (χ4n) is 7.97. The van der Waals surface area contributed by atoms with Gasteiger partial charge in [-0.05, 0) is 80.9 Å². The third kappa shape index (κ3) is 4.70. The van der Waals surface area contributed by atoms with E-state index in [1.165, 1.54) is 88.0 Å². The predicted octanol–water partition coefficient (Wildman–Crippen LogP) is 13.3. The molecule has 2 aromatic heterocycles. The molecular formula is C48H42N2. The summed E-state index contributed by atoms with van der Waals surface area (Å²) < 4.78 is 4.90. The molecule has 0 bridgehead atoms. The van der Waals surface area contributed by atoms with Crippen molar-refractivity contribution in [3.63, 3.8) is 0 Å². The third-order valence-corrected chi connectivity index (χ3v) is 10.7. The predicted molar refractivity (Wildman–Crippen MR) is 215 cm³/mol. The molecule has 0 aliphatic carbocycles. The normalized spacial score (nSPS) is 12.6. The van der Waals surface area contributed by atoms with E-state index >= 15 is 0 Å². The smallest absolute Gasteiger partial charge is 0.0619 e. The van der Waals surface area contributed by atoms with E-state index in [0.29, 0.717) is 0 Å². The molecule has 0 aliphatic heterocycles. The molecule has 9 rings (SSSR count). The van der Waals surface area contributed by atoms with Crippen LogP contribution in [0.4, 0.5) is 0 Å². The van der Waals surface area contributed by atoms with Crippen molar-refractivity contribution in [1.82, 2.24) is 9.13 Å². The van der Waals surface area contributed by atoms with Crippen molar-refractivity contribution in [3.8, 4) is 22.5 Å². The van der Waals surface area contributed by atoms with E-state index in [9.17, 15) is 0 Å². The average Bonchev–Trinajstić information content (AvgIpc) is 3.63. The number of para-hydroxylation sites is 2. The largest absolute Gasteiger partial charge is 0.309 e. The van der Waals surface area contributed by atoms with Crippen LogP contribution in [0.25, 0.3) is 76.9 Å². The summed E-state index contributed by atoms with van der Waals surface area (Å²) in [6, 6.07) is 54.4. The Kier molecular flexibility index (Phi) is 6.67. The molecule has 0 N–H and O–H groups in total. The first kappa shape index (κ1) is 30.5. The number of hydrogen-bond acceptors (Lipinski definition) is 0. The van der Waals surface area contributed by atoms with Gasteiger partial charge in [0, 0.05) is 38.3 Å². The van der Waals surface area contributed by atoms with E-state index < -0.39 is 0 Å². The van der Waals surface area contributed by atoms with E-state index in [1.54, 1.807) is 0 Å². The Morgan fingerprint density at radius 2 is 0.820 bits per heavy atom. The van der Waals surface area contributed by atoms with Crippen LogP contribution >= 0.6 is 0 Å². The summed E-state index contributed by atoms with van der Waals surface area (Å²) in [5.74, 6) is 0. The first-order chi connectivity index (χ1) is 24.1. The van der Waals surface area contributed by atoms with Gasteiger partial charge in [-0.25, -0.2) is 0 Å². The molecule has 2 heteroatoms. The Hall–Kier alpha value is -5.60. The van der Waals surface area contributed by atoms with E-state index in [4.69, 9.17) is 0 Å². The molecule has 50 heavy (non-hydrogen) atoms. The minimum absolute atomic E-state index is 0.101. The van der Waals surface area contributed by atoms with Crippen molar-refractivity contribution in [2.75, 3.05) is 0 Å². The van der Waals surface area contributed by atoms with Gasteiger partial charge in [-0.15, -0.1) is 0 Å². The summed E-state index contributed by atoms with van der Waals surface area (Å²) in [5, 5.41) is 7.61. The highest BCUT2D eigenvalue weighted by molar-refractivity contribution is 6.21. The third-order valence-electron chi connectivity index (χ3n) is 10.7. The van der Waals surface area contributed by atoms with Gasteiger partial charge in [0.1, 0.15) is 0 Å². The Bertz CT molecular complexity index is 2740. The van der Waals surface area contributed by atoms with E-state index in [-0.39, 0.29) is 10.8 Å². The summed E-state index contributed by atoms with van der Waals surface area (Å²) in [7, 11) is 0. The van der Waals surface area contributed by atoms with Gasteiger partial charge in [0.15, 0.2) is 0 Å². The van der Waals surface area contributed by atoms with E-state index in [1.807, 2.05) is 0 Å². The second-order valence-electron chi connectivity index (χ2n) is 15.9. The molecular weight excluding hydrogens is 605 g/mol. The summed E-state index contributed by atoms with van der Waals surface area (Å²) in [5.41, 5.74) is 12.6. The van der Waals surface area contributed by atoms with Gasteiger partial charge in [0.25, 0.3) is 0 Å². The lowest BCUT2D eigenvalue weighted by atomic mass is 9.87. The summed E-state index contributed by atoms with van der Waals surface area (Å²) in [6.45, 7) is 13.6. The van der Waals surface area contributed by atoms with Crippen LogP contribution in [0.2, 0.25) is 0 Å². The molecule has 0 unspecified atom stereocenters. The minimum atomic E-state index is 0.101. The summed E-state index contributed by atoms with van der Waals surface area (Å²) in [6.07, 6.45) is 0. The highest BCUT2D eigenvalue weighted by Crippen LogP contribution is 2.41. The Labute approximate surface area is 294 Å². The second kappa shape index (κ2) is 11.0. The molecule has 7 aromatic carbocycles. The van der Waals surface area contributed by atoms with Gasteiger partial charge in [0.2, 0.25) is 0 Å². The lowest BCUT2D eigenvalue weighted by molar-refractivity contribution is 0.590. The van der Waals surface area contributed by atoms with Crippen molar-refractivity contribution in [1.29, 1.82) is 0 Å². The number of fused-ring (bicyclic) bond motifs is 8. The molecule has 0 amide bonds. The molecule has 0 saturated heterocycles. The quantitative estimate of drug-likeness (QED) is 0.181. The van der Waals surface area contributed by atoms with Crippen molar-refractivity contribution in [3.05, 3.63) is 157 Å². The molecule has 0 fully saturated rings. The van der Waals surface area contributed by atoms with Gasteiger partial charge < -0.3 is 9.13 Å². The monoisotopic (exact) mass is 646 g/mol. The minimum Gasteiger partial charge on any atom is -0.309 e. The Morgan fingerprint density at radius 1 is 0.360 bits per heavy atom. The fourth-order valence-corrected chi connectivity index (χ4v) is 7.97. The van der Waals surface area contributed by atoms with Crippen LogP contribution in [0.3, 0.4) is 0 Å². The molecule has 0 radical (unpaired) electrons. The van der Waals surface area contributed by atoms with Crippen LogP contribution in [0.15, 0.2) is 146 Å². The summed E-state index contributed by atoms with van der Waals surface area (Å²) >= 11 is 0. The lowest BCUT2D eigenvalue weighted by Crippen LogP contribution is -2.10. The first-order valence-corrected chi connectivity index (χ1v) is 17.8. The van der Waals surface area contributed by atoms with Crippen LogP contribution in [-0.4, -0.2) is 9.13 Å². The maximum atomic E-state index is 2.46. The Morgan fingerprint density at radius 3 is 1.44 bits per heavy atom. The maximum absolute atomic E-state index is 2.46. The summed E-state index contributed by atoms with van der Waals surface area (Å²) in [4.78, 5) is 0. The molecule has 9 aromatic rings. The van der Waals surface area contributed by atoms with Crippen LogP contribution in [0, 0.1) is 0 Å². The first-order valence-electron chi connectivity index (χ1n) is 17.8. The topological polar surface area (TPSA) is 9.86 Å². The number of aromatic nitrogens is 2. The standard InChI is InChI=1S/C48H42N2/c1-47(2,3)32-19-23-34(24-20-32)49-43-16-9-7-12-38(43)40-27-18-31(30-45(40)49)36-14-11-15-41-37(36)28-29-42-39-13-8-10-17-44(39)50(46(41)42)35-25-21-33(22-26-35)48(4,5)6/h7-30H,1-6H3. The van der Waals surface area contributed by atoms with E-state index in [2.05, 4.69) is 196 Å². The van der Waals surface area contributed by atoms with Crippen LogP contribution in [-0.2, 0) is 10.8 Å². The molecule has 0 atom stereocenters. The van der Waals surface area contributed by atoms with Crippen molar-refractivity contribution in [2.24, 2.45) is 0 Å². The fraction of sp³-hybridized carbons (Fsp3) is 0.167. The highest BCUT2D eigenvalue weighted by Gasteiger charge is 2.20. The van der Waals surface area contributed by atoms with E-state index in [0.717, 1.165) is 0 Å². The second-order valence-corrected chi connectivity index (χ2v) is 15.9. The lowest BCUT2D eigenvalue weighted by Gasteiger charge is -2.20. The maximum Gasteiger partial charge on any atom is 0.0619 e. The zero-order valence-electron chi connectivity index (χ0n) is 29.8. The Balaban J connectivity index is 1.28.